The van der Waals surface area contributed by atoms with Crippen LogP contribution in [0.25, 0.3) is 0 Å². The third kappa shape index (κ3) is 4.03. The maximum atomic E-state index is 12.7. The highest BCUT2D eigenvalue weighted by molar-refractivity contribution is 5.96. The molecule has 1 heterocycles. The van der Waals surface area contributed by atoms with Crippen molar-refractivity contribution in [1.82, 2.24) is 5.32 Å². The molecular weight excluding hydrogens is 346 g/mol. The molecule has 27 heavy (non-hydrogen) atoms. The van der Waals surface area contributed by atoms with Crippen LogP contribution in [0.4, 0.5) is 4.79 Å². The van der Waals surface area contributed by atoms with Crippen LogP contribution in [0.2, 0.25) is 0 Å². The molecule has 1 aliphatic heterocycles. The molecule has 0 aromatic heterocycles. The zero-order valence-corrected chi connectivity index (χ0v) is 15.5. The van der Waals surface area contributed by atoms with E-state index in [0.717, 1.165) is 29.0 Å². The lowest BCUT2D eigenvalue weighted by molar-refractivity contribution is -0.937. The van der Waals surface area contributed by atoms with Gasteiger partial charge in [0.2, 0.25) is 0 Å². The van der Waals surface area contributed by atoms with Crippen molar-refractivity contribution in [2.45, 2.75) is 19.0 Å². The fraction of sp³-hybridized carbons (Fsp3) is 0.300. The molecule has 7 nitrogen and oxygen atoms in total. The van der Waals surface area contributed by atoms with Crippen LogP contribution in [-0.4, -0.2) is 32.7 Å². The molecule has 1 unspecified atom stereocenters. The van der Waals surface area contributed by atoms with Crippen LogP contribution in [0.1, 0.15) is 22.7 Å². The van der Waals surface area contributed by atoms with Gasteiger partial charge in [-0.1, -0.05) is 30.3 Å². The molecule has 0 radical (unpaired) electrons. The quantitative estimate of drug-likeness (QED) is 0.718. The van der Waals surface area contributed by atoms with E-state index in [4.69, 9.17) is 15.2 Å². The number of nitrogens with two attached hydrogens (primary N) is 1. The molecule has 0 bridgehead atoms. The summed E-state index contributed by atoms with van der Waals surface area (Å²) in [6.45, 7) is 1.37. The summed E-state index contributed by atoms with van der Waals surface area (Å²) in [6.07, 6.45) is 0.790. The van der Waals surface area contributed by atoms with E-state index in [1.807, 2.05) is 42.5 Å². The minimum atomic E-state index is -0.843. The maximum Gasteiger partial charge on any atom is 0.319 e. The number of imide groups is 1. The lowest BCUT2D eigenvalue weighted by Crippen LogP contribution is -3.13. The Kier molecular flexibility index (Phi) is 5.61. The maximum absolute atomic E-state index is 12.7. The first kappa shape index (κ1) is 18.7. The highest BCUT2D eigenvalue weighted by Gasteiger charge is 2.35. The smallest absolute Gasteiger partial charge is 0.319 e. The summed E-state index contributed by atoms with van der Waals surface area (Å²) in [5.74, 6) is 0.966. The van der Waals surface area contributed by atoms with Gasteiger partial charge in [-0.3, -0.25) is 10.1 Å². The minimum absolute atomic E-state index is 0.396. The van der Waals surface area contributed by atoms with E-state index in [1.165, 1.54) is 5.56 Å². The first-order valence-corrected chi connectivity index (χ1v) is 8.77. The molecule has 2 aromatic carbocycles. The van der Waals surface area contributed by atoms with E-state index in [9.17, 15) is 9.59 Å². The summed E-state index contributed by atoms with van der Waals surface area (Å²) in [7, 11) is 3.22. The van der Waals surface area contributed by atoms with Crippen LogP contribution >= 0.6 is 0 Å². The van der Waals surface area contributed by atoms with E-state index >= 15 is 0 Å². The summed E-state index contributed by atoms with van der Waals surface area (Å²) in [6, 6.07) is 12.0. The minimum Gasteiger partial charge on any atom is -0.493 e. The number of benzene rings is 2. The number of carbonyl (C=O) groups is 2. The van der Waals surface area contributed by atoms with Gasteiger partial charge in [-0.05, 0) is 17.7 Å². The predicted octanol–water partition coefficient (Wildman–Crippen LogP) is 0.581. The number of hydrogen-bond acceptors (Lipinski definition) is 4. The number of quaternary nitrogens is 1. The zero-order valence-electron chi connectivity index (χ0n) is 15.5. The van der Waals surface area contributed by atoms with Gasteiger partial charge < -0.3 is 20.1 Å². The van der Waals surface area contributed by atoms with Gasteiger partial charge in [-0.25, -0.2) is 4.79 Å². The van der Waals surface area contributed by atoms with Crippen molar-refractivity contribution in [2.24, 2.45) is 5.73 Å². The number of amides is 3. The molecule has 0 spiro atoms. The largest absolute Gasteiger partial charge is 0.493 e. The van der Waals surface area contributed by atoms with Crippen LogP contribution in [0, 0.1) is 0 Å². The Morgan fingerprint density at radius 1 is 1.07 bits per heavy atom. The van der Waals surface area contributed by atoms with Gasteiger partial charge in [0.25, 0.3) is 5.91 Å². The van der Waals surface area contributed by atoms with Crippen molar-refractivity contribution in [3.8, 4) is 11.5 Å². The average Bonchev–Trinajstić information content (AvgIpc) is 2.67. The van der Waals surface area contributed by atoms with Gasteiger partial charge in [0.05, 0.1) is 20.8 Å². The average molecular weight is 370 g/mol. The second-order valence-electron chi connectivity index (χ2n) is 6.51. The second-order valence-corrected chi connectivity index (χ2v) is 6.51. The van der Waals surface area contributed by atoms with Gasteiger partial charge in [0.1, 0.15) is 6.54 Å². The third-order valence-electron chi connectivity index (χ3n) is 4.89. The van der Waals surface area contributed by atoms with Crippen LogP contribution < -0.4 is 25.4 Å². The second kappa shape index (κ2) is 8.09. The number of ether oxygens (including phenoxy) is 2. The van der Waals surface area contributed by atoms with Crippen molar-refractivity contribution >= 4 is 11.9 Å². The number of fused-ring (bicyclic) bond motifs is 1. The fourth-order valence-corrected chi connectivity index (χ4v) is 3.65. The van der Waals surface area contributed by atoms with Crippen molar-refractivity contribution < 1.29 is 24.0 Å². The van der Waals surface area contributed by atoms with Crippen molar-refractivity contribution in [2.75, 3.05) is 20.8 Å². The molecule has 3 amide bonds. The van der Waals surface area contributed by atoms with Crippen LogP contribution in [0.3, 0.4) is 0 Å². The number of rotatable bonds is 5. The monoisotopic (exact) mass is 370 g/mol. The standard InChI is InChI=1S/C20H23N3O4/c1-26-16-10-14-8-9-23(12-15(14)11-17(16)27-2)18(19(24)22-20(21)25)13-6-4-3-5-7-13/h3-7,10-11,18H,8-9,12H2,1-2H3,(H3,21,22,24,25)/p+1/t18-/m1/s1. The Labute approximate surface area is 158 Å². The SMILES string of the molecule is COc1cc2c(cc1OC)C[NH+]([C@@H](C(=O)NC(N)=O)c1ccccc1)CC2. The Morgan fingerprint density at radius 3 is 2.30 bits per heavy atom. The number of hydrogen-bond donors (Lipinski definition) is 3. The molecule has 142 valence electrons. The Hall–Kier alpha value is -3.06. The lowest BCUT2D eigenvalue weighted by atomic mass is 9.95. The fourth-order valence-electron chi connectivity index (χ4n) is 3.65. The molecule has 2 atom stereocenters. The highest BCUT2D eigenvalue weighted by Crippen LogP contribution is 2.31. The summed E-state index contributed by atoms with van der Waals surface area (Å²) >= 11 is 0. The first-order chi connectivity index (χ1) is 13.0. The number of carbonyl (C=O) groups excluding carboxylic acids is 2. The molecule has 1 aliphatic rings. The van der Waals surface area contributed by atoms with Gasteiger partial charge in [0, 0.05) is 17.5 Å². The van der Waals surface area contributed by atoms with Gasteiger partial charge in [0.15, 0.2) is 17.5 Å². The van der Waals surface area contributed by atoms with Crippen LogP contribution in [0.5, 0.6) is 11.5 Å². The third-order valence-corrected chi connectivity index (χ3v) is 4.89. The number of nitrogens with one attached hydrogen (secondary N) is 2. The number of methoxy groups -OCH3 is 2. The topological polar surface area (TPSA) is 95.1 Å². The molecule has 4 N–H and O–H groups in total. The Bertz CT molecular complexity index is 839. The Balaban J connectivity index is 1.93. The van der Waals surface area contributed by atoms with Crippen LogP contribution in [0.15, 0.2) is 42.5 Å². The highest BCUT2D eigenvalue weighted by atomic mass is 16.5. The van der Waals surface area contributed by atoms with Crippen molar-refractivity contribution in [3.05, 3.63) is 59.2 Å². The van der Waals surface area contributed by atoms with Crippen molar-refractivity contribution in [3.63, 3.8) is 0 Å². The summed E-state index contributed by atoms with van der Waals surface area (Å²) in [4.78, 5) is 25.0. The van der Waals surface area contributed by atoms with Gasteiger partial charge in [-0.2, -0.15) is 0 Å². The normalized spacial score (nSPS) is 16.7. The van der Waals surface area contributed by atoms with Gasteiger partial charge >= 0.3 is 6.03 Å². The van der Waals surface area contributed by atoms with E-state index in [1.54, 1.807) is 14.2 Å². The first-order valence-electron chi connectivity index (χ1n) is 8.77. The lowest BCUT2D eigenvalue weighted by Gasteiger charge is -2.32. The summed E-state index contributed by atoms with van der Waals surface area (Å²) in [5.41, 5.74) is 8.30. The zero-order chi connectivity index (χ0) is 19.4. The van der Waals surface area contributed by atoms with Crippen molar-refractivity contribution in [1.29, 1.82) is 0 Å². The van der Waals surface area contributed by atoms with E-state index in [2.05, 4.69) is 5.32 Å². The van der Waals surface area contributed by atoms with E-state index in [0.29, 0.717) is 18.0 Å². The molecule has 0 aliphatic carbocycles. The predicted molar refractivity (Wildman–Crippen MR) is 99.7 cm³/mol. The molecule has 0 fully saturated rings. The number of urea groups is 1. The molecular formula is C20H24N3O4+. The molecule has 7 heteroatoms. The summed E-state index contributed by atoms with van der Waals surface area (Å²) in [5, 5.41) is 2.24. The molecule has 3 rings (SSSR count). The van der Waals surface area contributed by atoms with Crippen LogP contribution in [-0.2, 0) is 17.8 Å². The van der Waals surface area contributed by atoms with Gasteiger partial charge in [-0.15, -0.1) is 0 Å². The van der Waals surface area contributed by atoms with E-state index in [-0.39, 0.29) is 0 Å². The summed E-state index contributed by atoms with van der Waals surface area (Å²) < 4.78 is 10.8. The number of primary amides is 1. The molecule has 0 saturated carbocycles. The molecule has 2 aromatic rings. The molecule has 0 saturated heterocycles. The Morgan fingerprint density at radius 2 is 1.70 bits per heavy atom. The van der Waals surface area contributed by atoms with E-state index < -0.39 is 18.0 Å².